The van der Waals surface area contributed by atoms with Gasteiger partial charge in [-0.3, -0.25) is 14.5 Å². The quantitative estimate of drug-likeness (QED) is 0.217. The molecule has 0 aliphatic carbocycles. The van der Waals surface area contributed by atoms with E-state index in [1.54, 1.807) is 44.5 Å². The monoisotopic (exact) mass is 529 g/mol. The van der Waals surface area contributed by atoms with Gasteiger partial charge in [0.05, 0.1) is 18.2 Å². The van der Waals surface area contributed by atoms with E-state index in [1.807, 2.05) is 13.8 Å². The van der Waals surface area contributed by atoms with Crippen LogP contribution in [0.25, 0.3) is 5.76 Å². The number of ether oxygens (including phenoxy) is 1. The Labute approximate surface area is 216 Å². The average Bonchev–Trinajstić information content (AvgIpc) is 3.37. The maximum absolute atomic E-state index is 13.5. The number of rotatable bonds is 5. The zero-order valence-corrected chi connectivity index (χ0v) is 21.8. The summed E-state index contributed by atoms with van der Waals surface area (Å²) in [6.45, 7) is 7.45. The lowest BCUT2D eigenvalue weighted by Crippen LogP contribution is -2.29. The molecule has 0 bridgehead atoms. The fourth-order valence-electron chi connectivity index (χ4n) is 4.57. The highest BCUT2D eigenvalue weighted by atomic mass is 32.1. The van der Waals surface area contributed by atoms with Crippen LogP contribution >= 0.6 is 11.3 Å². The molecule has 1 aliphatic heterocycles. The Morgan fingerprint density at radius 3 is 2.35 bits per heavy atom. The largest absolute Gasteiger partial charge is 0.507 e. The SMILES string of the molecule is COc1cc(C)c(/C(O)=C2\C(=O)C(=O)N(c3cccc(C(F)(F)F)c3)C2c2sccc2C)cc1C(C)C. The second kappa shape index (κ2) is 9.70. The van der Waals surface area contributed by atoms with Crippen LogP contribution in [0.1, 0.15) is 58.5 Å². The zero-order chi connectivity index (χ0) is 27.2. The number of methoxy groups -OCH3 is 1. The van der Waals surface area contributed by atoms with Crippen molar-refractivity contribution in [2.75, 3.05) is 12.0 Å². The number of nitrogens with zero attached hydrogens (tertiary/aromatic N) is 1. The van der Waals surface area contributed by atoms with E-state index >= 15 is 0 Å². The second-order valence-corrected chi connectivity index (χ2v) is 10.2. The van der Waals surface area contributed by atoms with Gasteiger partial charge in [-0.25, -0.2) is 0 Å². The van der Waals surface area contributed by atoms with Gasteiger partial charge in [-0.15, -0.1) is 11.3 Å². The predicted octanol–water partition coefficient (Wildman–Crippen LogP) is 7.14. The van der Waals surface area contributed by atoms with E-state index in [9.17, 15) is 27.9 Å². The van der Waals surface area contributed by atoms with Gasteiger partial charge in [-0.05, 0) is 78.2 Å². The number of halogens is 3. The molecule has 1 saturated heterocycles. The van der Waals surface area contributed by atoms with E-state index in [2.05, 4.69) is 0 Å². The van der Waals surface area contributed by atoms with Gasteiger partial charge in [0.2, 0.25) is 0 Å². The lowest BCUT2D eigenvalue weighted by atomic mass is 9.92. The topological polar surface area (TPSA) is 66.8 Å². The fourth-order valence-corrected chi connectivity index (χ4v) is 5.59. The van der Waals surface area contributed by atoms with Crippen molar-refractivity contribution in [3.05, 3.63) is 86.1 Å². The van der Waals surface area contributed by atoms with Crippen LogP contribution in [0.15, 0.2) is 53.4 Å². The van der Waals surface area contributed by atoms with Gasteiger partial charge in [0, 0.05) is 16.1 Å². The van der Waals surface area contributed by atoms with Crippen LogP contribution in [-0.4, -0.2) is 23.9 Å². The van der Waals surface area contributed by atoms with Crippen LogP contribution < -0.4 is 9.64 Å². The van der Waals surface area contributed by atoms with Gasteiger partial charge < -0.3 is 9.84 Å². The Hall–Kier alpha value is -3.59. The standard InChI is InChI=1S/C28H26F3NO4S/c1-14(2)19-13-20(16(4)11-21(19)36-5)24(33)22-23(26-15(3)9-10-37-26)32(27(35)25(22)34)18-8-6-7-17(12-18)28(29,30)31/h6-14,23,33H,1-5H3/b24-22+. The summed E-state index contributed by atoms with van der Waals surface area (Å²) in [5, 5.41) is 13.3. The molecule has 9 heteroatoms. The van der Waals surface area contributed by atoms with Crippen molar-refractivity contribution in [1.29, 1.82) is 0 Å². The van der Waals surface area contributed by atoms with Gasteiger partial charge in [0.1, 0.15) is 17.6 Å². The highest BCUT2D eigenvalue weighted by Crippen LogP contribution is 2.46. The minimum Gasteiger partial charge on any atom is -0.507 e. The molecule has 3 aromatic rings. The summed E-state index contributed by atoms with van der Waals surface area (Å²) in [7, 11) is 1.54. The van der Waals surface area contributed by atoms with Crippen LogP contribution in [0.2, 0.25) is 0 Å². The van der Waals surface area contributed by atoms with Crippen molar-refractivity contribution in [3.8, 4) is 5.75 Å². The van der Waals surface area contributed by atoms with Gasteiger partial charge in [0.15, 0.2) is 0 Å². The summed E-state index contributed by atoms with van der Waals surface area (Å²) in [4.78, 5) is 28.4. The van der Waals surface area contributed by atoms with Crippen LogP contribution in [-0.2, 0) is 15.8 Å². The van der Waals surface area contributed by atoms with Crippen molar-refractivity contribution in [2.45, 2.75) is 45.8 Å². The fraction of sp³-hybridized carbons (Fsp3) is 0.286. The van der Waals surface area contributed by atoms with Crippen LogP contribution in [0.3, 0.4) is 0 Å². The summed E-state index contributed by atoms with van der Waals surface area (Å²) in [6.07, 6.45) is -4.63. The second-order valence-electron chi connectivity index (χ2n) is 9.25. The minimum atomic E-state index is -4.63. The van der Waals surface area contributed by atoms with E-state index in [4.69, 9.17) is 4.74 Å². The maximum atomic E-state index is 13.5. The number of aryl methyl sites for hydroxylation is 2. The number of carbonyl (C=O) groups excluding carboxylic acids is 2. The van der Waals surface area contributed by atoms with Gasteiger partial charge in [-0.1, -0.05) is 19.9 Å². The highest BCUT2D eigenvalue weighted by Gasteiger charge is 2.48. The Balaban J connectivity index is 1.99. The number of benzene rings is 2. The predicted molar refractivity (Wildman–Crippen MR) is 137 cm³/mol. The molecule has 0 spiro atoms. The molecule has 1 atom stereocenters. The number of Topliss-reactive ketones (excluding diaryl/α,β-unsaturated/α-hetero) is 1. The first-order valence-corrected chi connectivity index (χ1v) is 12.5. The Bertz CT molecular complexity index is 1420. The number of thiophene rings is 1. The average molecular weight is 530 g/mol. The molecule has 194 valence electrons. The molecule has 2 aromatic carbocycles. The molecule has 1 unspecified atom stereocenters. The van der Waals surface area contributed by atoms with Crippen molar-refractivity contribution in [2.24, 2.45) is 0 Å². The third-order valence-electron chi connectivity index (χ3n) is 6.50. The van der Waals surface area contributed by atoms with Gasteiger partial charge in [0.25, 0.3) is 11.7 Å². The zero-order valence-electron chi connectivity index (χ0n) is 20.9. The number of aliphatic hydroxyl groups is 1. The summed E-state index contributed by atoms with van der Waals surface area (Å²) in [6, 6.07) is 8.47. The molecule has 1 N–H and O–H groups in total. The van der Waals surface area contributed by atoms with Gasteiger partial charge in [-0.2, -0.15) is 13.2 Å². The van der Waals surface area contributed by atoms with Crippen molar-refractivity contribution < 1.29 is 32.6 Å². The van der Waals surface area contributed by atoms with Crippen molar-refractivity contribution >= 4 is 34.5 Å². The highest BCUT2D eigenvalue weighted by molar-refractivity contribution is 7.10. The Morgan fingerprint density at radius 1 is 1.08 bits per heavy atom. The van der Waals surface area contributed by atoms with Crippen molar-refractivity contribution in [1.82, 2.24) is 0 Å². The number of hydrogen-bond acceptors (Lipinski definition) is 5. The molecular formula is C28H26F3NO4S. The molecule has 4 rings (SSSR count). The Morgan fingerprint density at radius 2 is 1.78 bits per heavy atom. The molecular weight excluding hydrogens is 503 g/mol. The molecule has 1 amide bonds. The molecule has 0 saturated carbocycles. The van der Waals surface area contributed by atoms with Crippen molar-refractivity contribution in [3.63, 3.8) is 0 Å². The number of ketones is 1. The molecule has 1 aromatic heterocycles. The van der Waals surface area contributed by atoms with Gasteiger partial charge >= 0.3 is 6.18 Å². The molecule has 0 radical (unpaired) electrons. The first kappa shape index (κ1) is 26.5. The maximum Gasteiger partial charge on any atom is 0.416 e. The molecule has 1 aliphatic rings. The molecule has 5 nitrogen and oxygen atoms in total. The van der Waals surface area contributed by atoms with Crippen LogP contribution in [0, 0.1) is 13.8 Å². The number of alkyl halides is 3. The summed E-state index contributed by atoms with van der Waals surface area (Å²) < 4.78 is 45.9. The first-order valence-electron chi connectivity index (χ1n) is 11.6. The van der Waals surface area contributed by atoms with E-state index < -0.39 is 29.5 Å². The van der Waals surface area contributed by atoms with E-state index in [0.717, 1.165) is 28.2 Å². The first-order chi connectivity index (χ1) is 17.4. The number of anilines is 1. The number of hydrogen-bond donors (Lipinski definition) is 1. The summed E-state index contributed by atoms with van der Waals surface area (Å²) in [5.41, 5.74) is 1.32. The number of carbonyl (C=O) groups is 2. The number of amides is 1. The normalized spacial score (nSPS) is 17.6. The van der Waals surface area contributed by atoms with Crippen LogP contribution in [0.4, 0.5) is 18.9 Å². The smallest absolute Gasteiger partial charge is 0.416 e. The Kier molecular flexibility index (Phi) is 6.94. The van der Waals surface area contributed by atoms with E-state index in [0.29, 0.717) is 21.8 Å². The summed E-state index contributed by atoms with van der Waals surface area (Å²) >= 11 is 1.26. The molecule has 2 heterocycles. The molecule has 1 fully saturated rings. The van der Waals surface area contributed by atoms with E-state index in [-0.39, 0.29) is 22.9 Å². The lowest BCUT2D eigenvalue weighted by molar-refractivity contribution is -0.137. The lowest BCUT2D eigenvalue weighted by Gasteiger charge is -2.26. The number of aliphatic hydroxyl groups excluding tert-OH is 1. The summed E-state index contributed by atoms with van der Waals surface area (Å²) in [5.74, 6) is -1.69. The third-order valence-corrected chi connectivity index (χ3v) is 7.57. The third kappa shape index (κ3) is 4.64. The molecule has 37 heavy (non-hydrogen) atoms. The van der Waals surface area contributed by atoms with Crippen LogP contribution in [0.5, 0.6) is 5.75 Å². The van der Waals surface area contributed by atoms with E-state index in [1.165, 1.54) is 23.5 Å². The minimum absolute atomic E-state index is 0.0324.